The summed E-state index contributed by atoms with van der Waals surface area (Å²) in [5, 5.41) is 17.9. The van der Waals surface area contributed by atoms with Crippen LogP contribution in [0, 0.1) is 0 Å². The van der Waals surface area contributed by atoms with Crippen LogP contribution in [0.15, 0.2) is 30.3 Å². The van der Waals surface area contributed by atoms with Crippen LogP contribution in [0.5, 0.6) is 0 Å². The van der Waals surface area contributed by atoms with Gasteiger partial charge in [-0.15, -0.1) is 0 Å². The Kier molecular flexibility index (Phi) is 5.64. The number of rotatable bonds is 8. The van der Waals surface area contributed by atoms with E-state index < -0.39 is 18.3 Å². The largest absolute Gasteiger partial charge is 0.394 e. The Balaban J connectivity index is 2.94. The zero-order valence-corrected chi connectivity index (χ0v) is 9.78. The van der Waals surface area contributed by atoms with Crippen molar-refractivity contribution >= 4 is 12.6 Å². The summed E-state index contributed by atoms with van der Waals surface area (Å²) in [7, 11) is 0. The molecular formula is C13H15O5. The number of ether oxygens (including phenoxy) is 1. The molecule has 0 saturated carbocycles. The van der Waals surface area contributed by atoms with Gasteiger partial charge in [-0.25, -0.2) is 0 Å². The van der Waals surface area contributed by atoms with Gasteiger partial charge < -0.3 is 19.7 Å². The van der Waals surface area contributed by atoms with E-state index in [1.165, 1.54) is 0 Å². The number of carbonyl (C=O) groups excluding carboxylic acids is 2. The highest BCUT2D eigenvalue weighted by Gasteiger charge is 2.34. The van der Waals surface area contributed by atoms with Crippen molar-refractivity contribution in [2.24, 2.45) is 0 Å². The highest BCUT2D eigenvalue weighted by Crippen LogP contribution is 2.26. The van der Waals surface area contributed by atoms with Gasteiger partial charge in [0.1, 0.15) is 12.4 Å². The van der Waals surface area contributed by atoms with E-state index in [9.17, 15) is 14.7 Å². The van der Waals surface area contributed by atoms with E-state index in [-0.39, 0.29) is 13.0 Å². The predicted molar refractivity (Wildman–Crippen MR) is 63.5 cm³/mol. The number of benzene rings is 1. The Bertz CT molecular complexity index is 378. The van der Waals surface area contributed by atoms with E-state index in [1.807, 2.05) is 0 Å². The van der Waals surface area contributed by atoms with E-state index in [0.717, 1.165) is 0 Å². The minimum Gasteiger partial charge on any atom is -0.394 e. The van der Waals surface area contributed by atoms with Crippen LogP contribution >= 0.6 is 0 Å². The molecule has 0 spiro atoms. The highest BCUT2D eigenvalue weighted by molar-refractivity contribution is 5.72. The van der Waals surface area contributed by atoms with Gasteiger partial charge >= 0.3 is 0 Å². The van der Waals surface area contributed by atoms with Gasteiger partial charge in [0.2, 0.25) is 6.29 Å². The van der Waals surface area contributed by atoms with Crippen molar-refractivity contribution in [1.82, 2.24) is 0 Å². The summed E-state index contributed by atoms with van der Waals surface area (Å²) in [5.74, 6) is 0. The monoisotopic (exact) mass is 251 g/mol. The first kappa shape index (κ1) is 14.5. The van der Waals surface area contributed by atoms with Crippen molar-refractivity contribution in [3.8, 4) is 0 Å². The Morgan fingerprint density at radius 3 is 2.56 bits per heavy atom. The standard InChI is InChI=1S/C13H15O5/c14-7-6-13(10-16,18-9-12(17)8-15)11-4-2-1-3-5-11/h1-5,7,12,15,17H,6,8-9H2. The predicted octanol–water partition coefficient (Wildman–Crippen LogP) is -0.0496. The molecule has 2 atom stereocenters. The van der Waals surface area contributed by atoms with Gasteiger partial charge in [-0.05, 0) is 5.56 Å². The van der Waals surface area contributed by atoms with Gasteiger partial charge in [0.05, 0.1) is 13.2 Å². The second-order valence-corrected chi connectivity index (χ2v) is 3.81. The molecule has 1 aromatic rings. The summed E-state index contributed by atoms with van der Waals surface area (Å²) in [5.41, 5.74) is -1.05. The molecule has 0 aliphatic heterocycles. The zero-order valence-electron chi connectivity index (χ0n) is 9.78. The Morgan fingerprint density at radius 2 is 2.06 bits per heavy atom. The molecule has 1 radical (unpaired) electrons. The lowest BCUT2D eigenvalue weighted by Gasteiger charge is -2.27. The smallest absolute Gasteiger partial charge is 0.238 e. The lowest BCUT2D eigenvalue weighted by atomic mass is 9.92. The van der Waals surface area contributed by atoms with Crippen molar-refractivity contribution in [2.75, 3.05) is 13.2 Å². The molecule has 1 rings (SSSR count). The Morgan fingerprint density at radius 1 is 1.39 bits per heavy atom. The normalized spacial score (nSPS) is 15.7. The maximum atomic E-state index is 11.2. The van der Waals surface area contributed by atoms with Gasteiger partial charge in [0.15, 0.2) is 5.60 Å². The number of aliphatic hydroxyl groups excluding tert-OH is 2. The second kappa shape index (κ2) is 7.00. The molecule has 0 bridgehead atoms. The third-order valence-electron chi connectivity index (χ3n) is 2.51. The second-order valence-electron chi connectivity index (χ2n) is 3.81. The number of aldehydes is 1. The molecule has 5 nitrogen and oxygen atoms in total. The molecule has 0 aliphatic rings. The highest BCUT2D eigenvalue weighted by atomic mass is 16.5. The fourth-order valence-corrected chi connectivity index (χ4v) is 1.51. The third kappa shape index (κ3) is 3.46. The molecule has 0 fully saturated rings. The summed E-state index contributed by atoms with van der Waals surface area (Å²) >= 11 is 0. The average Bonchev–Trinajstić information content (AvgIpc) is 2.44. The molecule has 97 valence electrons. The molecular weight excluding hydrogens is 236 g/mol. The van der Waals surface area contributed by atoms with Crippen LogP contribution in [0.1, 0.15) is 12.0 Å². The first-order valence-electron chi connectivity index (χ1n) is 5.50. The van der Waals surface area contributed by atoms with Crippen molar-refractivity contribution in [3.63, 3.8) is 0 Å². The van der Waals surface area contributed by atoms with Crippen LogP contribution in [-0.4, -0.2) is 42.1 Å². The molecule has 0 aliphatic carbocycles. The topological polar surface area (TPSA) is 83.8 Å². The fourth-order valence-electron chi connectivity index (χ4n) is 1.51. The van der Waals surface area contributed by atoms with E-state index in [0.29, 0.717) is 11.8 Å². The Labute approximate surface area is 105 Å². The zero-order chi connectivity index (χ0) is 13.4. The quantitative estimate of drug-likeness (QED) is 0.633. The first-order valence-corrected chi connectivity index (χ1v) is 5.50. The van der Waals surface area contributed by atoms with Crippen LogP contribution < -0.4 is 0 Å². The summed E-state index contributed by atoms with van der Waals surface area (Å²) in [6.07, 6.45) is 0.975. The van der Waals surface area contributed by atoms with Gasteiger partial charge in [-0.2, -0.15) is 0 Å². The number of aliphatic hydroxyl groups is 2. The number of carbonyl (C=O) groups is 1. The number of hydrogen-bond donors (Lipinski definition) is 2. The van der Waals surface area contributed by atoms with E-state index in [2.05, 4.69) is 0 Å². The lowest BCUT2D eigenvalue weighted by Crippen LogP contribution is -2.36. The lowest BCUT2D eigenvalue weighted by molar-refractivity contribution is -0.115. The van der Waals surface area contributed by atoms with Crippen molar-refractivity contribution in [2.45, 2.75) is 18.1 Å². The number of hydrogen-bond acceptors (Lipinski definition) is 5. The SMILES string of the molecule is O=[C]C(CC=O)(OCC(O)CO)c1ccccc1. The molecule has 0 saturated heterocycles. The minimum atomic E-state index is -1.53. The first-order chi connectivity index (χ1) is 8.68. The van der Waals surface area contributed by atoms with E-state index in [1.54, 1.807) is 36.6 Å². The third-order valence-corrected chi connectivity index (χ3v) is 2.51. The summed E-state index contributed by atoms with van der Waals surface area (Å²) in [6, 6.07) is 8.46. The van der Waals surface area contributed by atoms with Crippen molar-refractivity contribution in [3.05, 3.63) is 35.9 Å². The summed E-state index contributed by atoms with van der Waals surface area (Å²) in [4.78, 5) is 21.9. The Hall–Kier alpha value is -1.56. The summed E-state index contributed by atoms with van der Waals surface area (Å²) < 4.78 is 5.29. The fraction of sp³-hybridized carbons (Fsp3) is 0.385. The van der Waals surface area contributed by atoms with Crippen molar-refractivity contribution in [1.29, 1.82) is 0 Å². The molecule has 2 unspecified atom stereocenters. The van der Waals surface area contributed by atoms with Crippen LogP contribution in [0.2, 0.25) is 0 Å². The minimum absolute atomic E-state index is 0.196. The van der Waals surface area contributed by atoms with Crippen LogP contribution in [0.4, 0.5) is 0 Å². The van der Waals surface area contributed by atoms with Crippen LogP contribution in [0.3, 0.4) is 0 Å². The average molecular weight is 251 g/mol. The molecule has 5 heteroatoms. The van der Waals surface area contributed by atoms with Crippen molar-refractivity contribution < 1.29 is 24.5 Å². The van der Waals surface area contributed by atoms with Crippen LogP contribution in [-0.2, 0) is 19.9 Å². The maximum Gasteiger partial charge on any atom is 0.238 e. The van der Waals surface area contributed by atoms with Gasteiger partial charge in [-0.3, -0.25) is 4.79 Å². The molecule has 18 heavy (non-hydrogen) atoms. The van der Waals surface area contributed by atoms with Gasteiger partial charge in [-0.1, -0.05) is 30.3 Å². The van der Waals surface area contributed by atoms with E-state index in [4.69, 9.17) is 9.84 Å². The van der Waals surface area contributed by atoms with E-state index >= 15 is 0 Å². The summed E-state index contributed by atoms with van der Waals surface area (Å²) in [6.45, 7) is -0.737. The van der Waals surface area contributed by atoms with Crippen LogP contribution in [0.25, 0.3) is 0 Å². The molecule has 0 heterocycles. The molecule has 0 amide bonds. The molecule has 2 N–H and O–H groups in total. The molecule has 0 aromatic heterocycles. The van der Waals surface area contributed by atoms with Gasteiger partial charge in [0, 0.05) is 6.42 Å². The molecule has 1 aromatic carbocycles. The van der Waals surface area contributed by atoms with Gasteiger partial charge in [0.25, 0.3) is 0 Å². The maximum absolute atomic E-state index is 11.2.